The molecule has 7 nitrogen and oxygen atoms in total. The van der Waals surface area contributed by atoms with Gasteiger partial charge in [-0.15, -0.1) is 0 Å². The molecule has 0 bridgehead atoms. The topological polar surface area (TPSA) is 53.7 Å². The Morgan fingerprint density at radius 3 is 1.75 bits per heavy atom. The van der Waals surface area contributed by atoms with Crippen molar-refractivity contribution in [1.29, 1.82) is 0 Å². The lowest BCUT2D eigenvalue weighted by atomic mass is 10.2. The second kappa shape index (κ2) is 9.02. The van der Waals surface area contributed by atoms with Crippen molar-refractivity contribution in [2.24, 2.45) is 0 Å². The van der Waals surface area contributed by atoms with E-state index in [1.807, 2.05) is 118 Å². The molecule has 0 amide bonds. The van der Waals surface area contributed by atoms with Gasteiger partial charge in [0.2, 0.25) is 11.6 Å². The van der Waals surface area contributed by atoms with Crippen LogP contribution in [0.2, 0.25) is 13.0 Å². The maximum Gasteiger partial charge on any atom is 0.220 e. The van der Waals surface area contributed by atoms with E-state index in [0.29, 0.717) is 22.9 Å². The van der Waals surface area contributed by atoms with Gasteiger partial charge in [0, 0.05) is 13.9 Å². The molecule has 0 N–H and O–H groups in total. The highest BCUT2D eigenvalue weighted by Gasteiger charge is 2.38. The minimum absolute atomic E-state index is 0.186. The van der Waals surface area contributed by atoms with E-state index in [2.05, 4.69) is 8.80 Å². The number of fused-ring (bicyclic) bond motifs is 12. The number of aromatic nitrogens is 6. The van der Waals surface area contributed by atoms with Crippen LogP contribution in [0.4, 0.5) is 0 Å². The number of rotatable bonds is 2. The Kier molecular flexibility index (Phi) is 3.93. The number of hydrogen-bond acceptors (Lipinski definition) is 3. The summed E-state index contributed by atoms with van der Waals surface area (Å²) in [6.45, 7) is -5.82. The minimum Gasteiger partial charge on any atom is -0.455 e. The molecule has 48 heavy (non-hydrogen) atoms. The Hall–Kier alpha value is -6.12. The zero-order chi connectivity index (χ0) is 36.7. The molecule has 0 aliphatic carbocycles. The molecule has 0 radical (unpaired) electrons. The lowest BCUT2D eigenvalue weighted by Gasteiger charge is -2.34. The highest BCUT2D eigenvalue weighted by Crippen LogP contribution is 2.38. The van der Waals surface area contributed by atoms with E-state index in [1.54, 1.807) is 24.3 Å². The molecular formula is C40H28N6OSi. The zero-order valence-electron chi connectivity index (χ0n) is 31.3. The Morgan fingerprint density at radius 1 is 0.542 bits per heavy atom. The van der Waals surface area contributed by atoms with Crippen molar-refractivity contribution in [3.05, 3.63) is 133 Å². The second-order valence-electron chi connectivity index (χ2n) is 12.3. The van der Waals surface area contributed by atoms with Crippen molar-refractivity contribution < 1.29 is 13.0 Å². The Balaban J connectivity index is 1.22. The van der Waals surface area contributed by atoms with Gasteiger partial charge in [0.15, 0.2) is 5.75 Å². The fourth-order valence-corrected chi connectivity index (χ4v) is 9.62. The van der Waals surface area contributed by atoms with Gasteiger partial charge in [-0.25, -0.2) is 9.97 Å². The third-order valence-electron chi connectivity index (χ3n) is 9.69. The van der Waals surface area contributed by atoms with Gasteiger partial charge in [0.1, 0.15) is 13.8 Å². The second-order valence-corrected chi connectivity index (χ2v) is 14.9. The summed E-state index contributed by atoms with van der Waals surface area (Å²) < 4.78 is 69.9. The van der Waals surface area contributed by atoms with Gasteiger partial charge in [-0.2, -0.15) is 0 Å². The van der Waals surface area contributed by atoms with Crippen molar-refractivity contribution in [2.45, 2.75) is 13.0 Å². The summed E-state index contributed by atoms with van der Waals surface area (Å²) in [7, 11) is -4.75. The predicted molar refractivity (Wildman–Crippen MR) is 196 cm³/mol. The summed E-state index contributed by atoms with van der Waals surface area (Å²) >= 11 is 0. The molecular weight excluding hydrogens is 609 g/mol. The van der Waals surface area contributed by atoms with Gasteiger partial charge < -0.3 is 4.74 Å². The lowest BCUT2D eigenvalue weighted by Crippen LogP contribution is -2.56. The molecule has 6 aromatic carbocycles. The fourth-order valence-electron chi connectivity index (χ4n) is 7.59. The first kappa shape index (κ1) is 20.9. The summed E-state index contributed by atoms with van der Waals surface area (Å²) in [6, 6.07) is 42.0. The molecule has 228 valence electrons. The average Bonchev–Trinajstić information content (AvgIpc) is 3.89. The van der Waals surface area contributed by atoms with E-state index in [9.17, 15) is 8.22 Å². The quantitative estimate of drug-likeness (QED) is 0.179. The van der Waals surface area contributed by atoms with E-state index < -0.39 is 21.0 Å². The van der Waals surface area contributed by atoms with Gasteiger partial charge in [0.25, 0.3) is 0 Å². The van der Waals surface area contributed by atoms with Crippen LogP contribution in [-0.4, -0.2) is 36.0 Å². The Morgan fingerprint density at radius 2 is 1.10 bits per heavy atom. The highest BCUT2D eigenvalue weighted by molar-refractivity contribution is 7.01. The van der Waals surface area contributed by atoms with E-state index >= 15 is 0 Å². The van der Waals surface area contributed by atoms with Crippen LogP contribution in [-0.2, 0) is 0 Å². The van der Waals surface area contributed by atoms with Crippen LogP contribution in [0.3, 0.4) is 0 Å². The molecule has 0 saturated heterocycles. The van der Waals surface area contributed by atoms with E-state index in [4.69, 9.17) is 14.7 Å². The van der Waals surface area contributed by atoms with Crippen LogP contribution >= 0.6 is 0 Å². The van der Waals surface area contributed by atoms with Crippen molar-refractivity contribution in [3.63, 3.8) is 0 Å². The third kappa shape index (κ3) is 3.22. The molecule has 0 unspecified atom stereocenters. The van der Waals surface area contributed by atoms with Crippen molar-refractivity contribution in [2.75, 3.05) is 0 Å². The number of benzene rings is 6. The van der Waals surface area contributed by atoms with Crippen LogP contribution in [0.5, 0.6) is 11.5 Å². The molecule has 4 aromatic heterocycles. The first-order valence-electron chi connectivity index (χ1n) is 18.8. The van der Waals surface area contributed by atoms with Crippen molar-refractivity contribution in [1.82, 2.24) is 27.9 Å². The molecule has 5 heterocycles. The minimum atomic E-state index is -4.75. The first-order chi connectivity index (χ1) is 26.1. The van der Waals surface area contributed by atoms with Gasteiger partial charge in [0.05, 0.1) is 49.8 Å². The molecule has 1 aliphatic heterocycles. The molecule has 0 saturated carbocycles. The Bertz CT molecular complexity index is 3190. The fraction of sp³-hybridized carbons (Fsp3) is 0.0500. The smallest absolute Gasteiger partial charge is 0.220 e. The average molecular weight is 643 g/mol. The van der Waals surface area contributed by atoms with Crippen LogP contribution in [0, 0.1) is 0 Å². The van der Waals surface area contributed by atoms with Crippen LogP contribution in [0.15, 0.2) is 133 Å². The molecule has 0 atom stereocenters. The normalized spacial score (nSPS) is 16.3. The molecule has 11 rings (SSSR count). The Labute approximate surface area is 283 Å². The van der Waals surface area contributed by atoms with E-state index in [1.165, 1.54) is 0 Å². The summed E-state index contributed by atoms with van der Waals surface area (Å²) in [6.07, 6.45) is 0. The molecule has 1 aliphatic rings. The largest absolute Gasteiger partial charge is 0.455 e. The monoisotopic (exact) mass is 642 g/mol. The van der Waals surface area contributed by atoms with Crippen LogP contribution < -0.4 is 15.1 Å². The van der Waals surface area contributed by atoms with Gasteiger partial charge in [-0.3, -0.25) is 17.9 Å². The van der Waals surface area contributed by atoms with Crippen LogP contribution in [0.1, 0.15) is 8.22 Å². The molecule has 0 fully saturated rings. The standard InChI is InChI=1S/C40H28N6OSi/c1-48(2)36-21-11-20-34(46-33-19-10-9-18-32(33)45-29-15-6-4-13-27(29)42-40(45)46)38(36)47-35-23-22-25(24-37(35)48)43-30-16-7-8-17-31(30)44-28-14-5-3-12-26(28)41-39(43)44/h3-24H,1-2H3/i1D3,2D3. The van der Waals surface area contributed by atoms with Gasteiger partial charge >= 0.3 is 0 Å². The number of imidazole rings is 4. The number of hydrogen-bond donors (Lipinski definition) is 0. The summed E-state index contributed by atoms with van der Waals surface area (Å²) in [5, 5.41) is 0.372. The van der Waals surface area contributed by atoms with Crippen molar-refractivity contribution >= 4 is 74.1 Å². The van der Waals surface area contributed by atoms with Crippen LogP contribution in [0.25, 0.3) is 67.1 Å². The zero-order valence-corrected chi connectivity index (χ0v) is 26.3. The molecule has 0 spiro atoms. The maximum atomic E-state index is 9.19. The maximum absolute atomic E-state index is 9.19. The third-order valence-corrected chi connectivity index (χ3v) is 12.1. The number of ether oxygens (including phenoxy) is 1. The summed E-state index contributed by atoms with van der Waals surface area (Å²) in [5.41, 5.74) is 8.01. The van der Waals surface area contributed by atoms with E-state index in [-0.39, 0.29) is 21.9 Å². The van der Waals surface area contributed by atoms with Crippen molar-refractivity contribution in [3.8, 4) is 22.9 Å². The number of para-hydroxylation sites is 9. The van der Waals surface area contributed by atoms with Gasteiger partial charge in [-0.1, -0.05) is 73.6 Å². The number of nitrogens with zero attached hydrogens (tertiary/aromatic N) is 6. The SMILES string of the molecule is [2H]C([2H])([2H])[Si]1(C([2H])([2H])[2H])c2cc(-n3c4ccccc4n4c5ccccc5nc34)ccc2Oc2c(-n3c4ccccc4n4c5ccccc5nc34)cccc21. The lowest BCUT2D eigenvalue weighted by molar-refractivity contribution is 0.484. The summed E-state index contributed by atoms with van der Waals surface area (Å²) in [5.74, 6) is 1.64. The predicted octanol–water partition coefficient (Wildman–Crippen LogP) is 8.10. The van der Waals surface area contributed by atoms with E-state index in [0.717, 1.165) is 44.1 Å². The van der Waals surface area contributed by atoms with Gasteiger partial charge in [-0.05, 0) is 83.2 Å². The highest BCUT2D eigenvalue weighted by atomic mass is 28.3. The first-order valence-corrected chi connectivity index (χ1v) is 17.8. The molecule has 8 heteroatoms. The summed E-state index contributed by atoms with van der Waals surface area (Å²) in [4.78, 5) is 10.00. The molecule has 10 aromatic rings.